The molecule has 1 heterocycles. The van der Waals surface area contributed by atoms with Crippen molar-refractivity contribution in [2.45, 2.75) is 20.8 Å². The zero-order valence-electron chi connectivity index (χ0n) is 6.64. The second kappa shape index (κ2) is 3.02. The van der Waals surface area contributed by atoms with Crippen molar-refractivity contribution in [1.82, 2.24) is 0 Å². The van der Waals surface area contributed by atoms with E-state index in [-0.39, 0.29) is 0 Å². The highest BCUT2D eigenvalue weighted by molar-refractivity contribution is 7.07. The molecule has 0 nitrogen and oxygen atoms in total. The smallest absolute Gasteiger partial charge is 0.0299 e. The van der Waals surface area contributed by atoms with E-state index in [1.807, 2.05) is 11.3 Å². The van der Waals surface area contributed by atoms with Crippen LogP contribution in [0.2, 0.25) is 0 Å². The average Bonchev–Trinajstić information content (AvgIpc) is 2.30. The highest BCUT2D eigenvalue weighted by Gasteiger charge is 1.89. The van der Waals surface area contributed by atoms with Gasteiger partial charge in [-0.25, -0.2) is 0 Å². The quantitative estimate of drug-likeness (QED) is 0.530. The summed E-state index contributed by atoms with van der Waals surface area (Å²) in [5, 5.41) is 3.59. The summed E-state index contributed by atoms with van der Waals surface area (Å²) in [6.45, 7) is 6.32. The minimum absolute atomic E-state index is 1.39. The van der Waals surface area contributed by atoms with Gasteiger partial charge in [-0.1, -0.05) is 12.2 Å². The minimum atomic E-state index is 1.39. The van der Waals surface area contributed by atoms with Gasteiger partial charge in [0.05, 0.1) is 0 Å². The van der Waals surface area contributed by atoms with Crippen LogP contribution in [0.25, 0.3) is 12.2 Å². The lowest BCUT2D eigenvalue weighted by Crippen LogP contribution is -2.19. The van der Waals surface area contributed by atoms with Gasteiger partial charge in [0, 0.05) is 4.53 Å². The van der Waals surface area contributed by atoms with E-state index in [9.17, 15) is 0 Å². The average molecular weight is 152 g/mol. The van der Waals surface area contributed by atoms with E-state index in [1.54, 1.807) is 0 Å². The Bertz CT molecular complexity index is 317. The van der Waals surface area contributed by atoms with Crippen molar-refractivity contribution in [3.8, 4) is 0 Å². The number of thiophene rings is 1. The molecule has 0 aliphatic carbocycles. The maximum absolute atomic E-state index is 2.20. The second-order valence-electron chi connectivity index (χ2n) is 2.27. The van der Waals surface area contributed by atoms with E-state index in [2.05, 4.69) is 38.3 Å². The Morgan fingerprint density at radius 1 is 1.30 bits per heavy atom. The Morgan fingerprint density at radius 3 is 2.40 bits per heavy atom. The monoisotopic (exact) mass is 152 g/mol. The van der Waals surface area contributed by atoms with Crippen LogP contribution in [0.15, 0.2) is 5.38 Å². The van der Waals surface area contributed by atoms with Gasteiger partial charge < -0.3 is 0 Å². The van der Waals surface area contributed by atoms with E-state index in [0.29, 0.717) is 0 Å². The second-order valence-corrected chi connectivity index (χ2v) is 3.19. The molecule has 0 N–H and O–H groups in total. The van der Waals surface area contributed by atoms with Crippen molar-refractivity contribution in [1.29, 1.82) is 0 Å². The van der Waals surface area contributed by atoms with Crippen molar-refractivity contribution in [3.63, 3.8) is 0 Å². The summed E-state index contributed by atoms with van der Waals surface area (Å²) in [5.74, 6) is 0. The Balaban J connectivity index is 3.59. The topological polar surface area (TPSA) is 0 Å². The van der Waals surface area contributed by atoms with Gasteiger partial charge in [-0.15, -0.1) is 11.3 Å². The molecular weight excluding hydrogens is 140 g/mol. The summed E-state index contributed by atoms with van der Waals surface area (Å²) >= 11 is 1.81. The molecule has 1 aromatic heterocycles. The molecule has 0 bridgehead atoms. The number of hydrogen-bond donors (Lipinski definition) is 0. The van der Waals surface area contributed by atoms with Crippen molar-refractivity contribution < 1.29 is 0 Å². The van der Waals surface area contributed by atoms with Crippen LogP contribution in [-0.4, -0.2) is 0 Å². The third kappa shape index (κ3) is 1.14. The molecule has 0 fully saturated rings. The van der Waals surface area contributed by atoms with Gasteiger partial charge in [0.2, 0.25) is 0 Å². The molecule has 1 rings (SSSR count). The largest absolute Gasteiger partial charge is 0.144 e. The normalized spacial score (nSPS) is 14.7. The van der Waals surface area contributed by atoms with Crippen LogP contribution in [0, 0.1) is 6.92 Å². The summed E-state index contributed by atoms with van der Waals surface area (Å²) in [4.78, 5) is 0. The predicted octanol–water partition coefficient (Wildman–Crippen LogP) is 1.66. The fourth-order valence-corrected chi connectivity index (χ4v) is 2.04. The molecule has 0 spiro atoms. The number of hydrogen-bond acceptors (Lipinski definition) is 1. The van der Waals surface area contributed by atoms with Gasteiger partial charge in [-0.2, -0.15) is 0 Å². The molecule has 0 radical (unpaired) electrons. The fraction of sp³-hybridized carbons (Fsp3) is 0.333. The predicted molar refractivity (Wildman–Crippen MR) is 48.6 cm³/mol. The minimum Gasteiger partial charge on any atom is -0.144 e. The van der Waals surface area contributed by atoms with Gasteiger partial charge in [-0.05, 0) is 36.9 Å². The molecule has 0 amide bonds. The Kier molecular flexibility index (Phi) is 2.28. The summed E-state index contributed by atoms with van der Waals surface area (Å²) in [6.07, 6.45) is 4.33. The van der Waals surface area contributed by atoms with Gasteiger partial charge in [0.1, 0.15) is 0 Å². The van der Waals surface area contributed by atoms with Crippen LogP contribution in [0.3, 0.4) is 0 Å². The standard InChI is InChI=1S/C9H12S/c1-4-8-7(3)6-10-9(8)5-2/h4-6H,1-3H3/b8-4-,9-5+. The van der Waals surface area contributed by atoms with Crippen LogP contribution in [0.1, 0.15) is 19.4 Å². The van der Waals surface area contributed by atoms with Crippen molar-refractivity contribution in [3.05, 3.63) is 20.7 Å². The maximum atomic E-state index is 2.20. The Hall–Kier alpha value is -0.560. The van der Waals surface area contributed by atoms with E-state index in [1.165, 1.54) is 15.3 Å². The molecule has 10 heavy (non-hydrogen) atoms. The van der Waals surface area contributed by atoms with Crippen LogP contribution in [0.5, 0.6) is 0 Å². The number of aryl methyl sites for hydroxylation is 1. The van der Waals surface area contributed by atoms with Gasteiger partial charge in [0.15, 0.2) is 0 Å². The van der Waals surface area contributed by atoms with E-state index >= 15 is 0 Å². The lowest BCUT2D eigenvalue weighted by molar-refractivity contribution is 1.46. The molecule has 0 unspecified atom stereocenters. The van der Waals surface area contributed by atoms with Gasteiger partial charge >= 0.3 is 0 Å². The fourth-order valence-electron chi connectivity index (χ4n) is 1.07. The van der Waals surface area contributed by atoms with Crippen LogP contribution in [0.4, 0.5) is 0 Å². The molecule has 1 heteroatoms. The van der Waals surface area contributed by atoms with Gasteiger partial charge in [-0.3, -0.25) is 0 Å². The SMILES string of the molecule is C/C=c1/c(C)cs/c1=C/C. The lowest BCUT2D eigenvalue weighted by Gasteiger charge is -1.78. The molecular formula is C9H12S. The first kappa shape index (κ1) is 7.55. The molecule has 0 aliphatic rings. The molecule has 0 saturated carbocycles. The third-order valence-electron chi connectivity index (χ3n) is 1.60. The van der Waals surface area contributed by atoms with Crippen LogP contribution in [-0.2, 0) is 0 Å². The molecule has 0 atom stereocenters. The van der Waals surface area contributed by atoms with Crippen LogP contribution < -0.4 is 9.75 Å². The Morgan fingerprint density at radius 2 is 2.00 bits per heavy atom. The highest BCUT2D eigenvalue weighted by Crippen LogP contribution is 1.90. The maximum Gasteiger partial charge on any atom is 0.0299 e. The summed E-state index contributed by atoms with van der Waals surface area (Å²) in [7, 11) is 0. The summed E-state index contributed by atoms with van der Waals surface area (Å²) < 4.78 is 1.39. The first-order valence-electron chi connectivity index (χ1n) is 3.46. The van der Waals surface area contributed by atoms with E-state index in [4.69, 9.17) is 0 Å². The molecule has 0 aliphatic heterocycles. The zero-order chi connectivity index (χ0) is 7.56. The summed E-state index contributed by atoms with van der Waals surface area (Å²) in [6, 6.07) is 0. The third-order valence-corrected chi connectivity index (χ3v) is 2.78. The number of rotatable bonds is 0. The van der Waals surface area contributed by atoms with E-state index in [0.717, 1.165) is 0 Å². The first-order valence-corrected chi connectivity index (χ1v) is 4.34. The Labute approximate surface area is 65.5 Å². The first-order chi connectivity index (χ1) is 4.79. The highest BCUT2D eigenvalue weighted by atomic mass is 32.1. The summed E-state index contributed by atoms with van der Waals surface area (Å²) in [5.41, 5.74) is 1.39. The molecule has 0 saturated heterocycles. The lowest BCUT2D eigenvalue weighted by atomic mass is 10.3. The molecule has 0 aromatic carbocycles. The van der Waals surface area contributed by atoms with Crippen molar-refractivity contribution in [2.75, 3.05) is 0 Å². The van der Waals surface area contributed by atoms with Crippen molar-refractivity contribution in [2.24, 2.45) is 0 Å². The van der Waals surface area contributed by atoms with E-state index < -0.39 is 0 Å². The van der Waals surface area contributed by atoms with Gasteiger partial charge in [0.25, 0.3) is 0 Å². The molecule has 1 aromatic rings. The van der Waals surface area contributed by atoms with Crippen LogP contribution >= 0.6 is 11.3 Å². The van der Waals surface area contributed by atoms with Crippen molar-refractivity contribution >= 4 is 23.5 Å². The zero-order valence-corrected chi connectivity index (χ0v) is 7.46. The molecule has 54 valence electrons.